The first-order valence-electron chi connectivity index (χ1n) is 7.81. The van der Waals surface area contributed by atoms with Crippen molar-refractivity contribution in [2.75, 3.05) is 19.6 Å². The van der Waals surface area contributed by atoms with Crippen LogP contribution in [0.25, 0.3) is 0 Å². The largest absolute Gasteiger partial charge is 0.391 e. The van der Waals surface area contributed by atoms with Gasteiger partial charge in [0.2, 0.25) is 0 Å². The SMILES string of the molecule is CCNC(=NCc1nccn1CC(C)C)N1CC[C@@H](O)C1. The Morgan fingerprint density at radius 1 is 1.57 bits per heavy atom. The average molecular weight is 293 g/mol. The van der Waals surface area contributed by atoms with Crippen LogP contribution in [0.15, 0.2) is 17.4 Å². The van der Waals surface area contributed by atoms with Crippen LogP contribution in [-0.4, -0.2) is 51.3 Å². The predicted octanol–water partition coefficient (Wildman–Crippen LogP) is 1.07. The minimum absolute atomic E-state index is 0.239. The molecule has 0 amide bonds. The molecule has 1 aromatic rings. The molecule has 0 radical (unpaired) electrons. The van der Waals surface area contributed by atoms with E-state index >= 15 is 0 Å². The normalized spacial score (nSPS) is 19.6. The van der Waals surface area contributed by atoms with E-state index in [0.29, 0.717) is 19.0 Å². The molecule has 118 valence electrons. The van der Waals surface area contributed by atoms with Gasteiger partial charge in [-0.1, -0.05) is 13.8 Å². The highest BCUT2D eigenvalue weighted by atomic mass is 16.3. The van der Waals surface area contributed by atoms with E-state index in [0.717, 1.165) is 37.8 Å². The molecule has 0 bridgehead atoms. The number of imidazole rings is 1. The zero-order valence-corrected chi connectivity index (χ0v) is 13.3. The number of hydrogen-bond acceptors (Lipinski definition) is 3. The number of nitrogens with zero attached hydrogens (tertiary/aromatic N) is 4. The monoisotopic (exact) mass is 293 g/mol. The number of likely N-dealkylation sites (tertiary alicyclic amines) is 1. The van der Waals surface area contributed by atoms with Crippen molar-refractivity contribution in [1.82, 2.24) is 19.8 Å². The van der Waals surface area contributed by atoms with Crippen LogP contribution in [0.2, 0.25) is 0 Å². The molecule has 21 heavy (non-hydrogen) atoms. The van der Waals surface area contributed by atoms with Crippen LogP contribution in [0.1, 0.15) is 33.0 Å². The summed E-state index contributed by atoms with van der Waals surface area (Å²) in [4.78, 5) is 11.2. The third-order valence-electron chi connectivity index (χ3n) is 3.53. The summed E-state index contributed by atoms with van der Waals surface area (Å²) < 4.78 is 2.16. The summed E-state index contributed by atoms with van der Waals surface area (Å²) >= 11 is 0. The van der Waals surface area contributed by atoms with Crippen molar-refractivity contribution in [2.24, 2.45) is 10.9 Å². The van der Waals surface area contributed by atoms with Crippen LogP contribution >= 0.6 is 0 Å². The first-order chi connectivity index (χ1) is 10.1. The number of aliphatic hydroxyl groups is 1. The highest BCUT2D eigenvalue weighted by Gasteiger charge is 2.22. The highest BCUT2D eigenvalue weighted by molar-refractivity contribution is 5.80. The molecule has 1 saturated heterocycles. The molecule has 1 atom stereocenters. The number of aromatic nitrogens is 2. The molecule has 0 aromatic carbocycles. The molecule has 6 nitrogen and oxygen atoms in total. The molecule has 1 aliphatic rings. The van der Waals surface area contributed by atoms with Crippen molar-refractivity contribution in [3.8, 4) is 0 Å². The summed E-state index contributed by atoms with van der Waals surface area (Å²) in [6.45, 7) is 10.3. The molecule has 2 N–H and O–H groups in total. The van der Waals surface area contributed by atoms with E-state index in [2.05, 4.69) is 45.5 Å². The van der Waals surface area contributed by atoms with Crippen LogP contribution in [0, 0.1) is 5.92 Å². The smallest absolute Gasteiger partial charge is 0.194 e. The third-order valence-corrected chi connectivity index (χ3v) is 3.53. The Morgan fingerprint density at radius 3 is 3.00 bits per heavy atom. The van der Waals surface area contributed by atoms with Crippen LogP contribution in [0.4, 0.5) is 0 Å². The Hall–Kier alpha value is -1.56. The minimum atomic E-state index is -0.239. The van der Waals surface area contributed by atoms with Gasteiger partial charge in [0.05, 0.1) is 6.10 Å². The molecule has 2 rings (SSSR count). The second-order valence-electron chi connectivity index (χ2n) is 5.95. The zero-order valence-electron chi connectivity index (χ0n) is 13.3. The molecular formula is C15H27N5O. The molecular weight excluding hydrogens is 266 g/mol. The second-order valence-corrected chi connectivity index (χ2v) is 5.95. The number of nitrogens with one attached hydrogen (secondary N) is 1. The molecule has 0 unspecified atom stereocenters. The van der Waals surface area contributed by atoms with Gasteiger partial charge in [0.25, 0.3) is 0 Å². The fraction of sp³-hybridized carbons (Fsp3) is 0.733. The van der Waals surface area contributed by atoms with Gasteiger partial charge in [0.1, 0.15) is 12.4 Å². The molecule has 6 heteroatoms. The third kappa shape index (κ3) is 4.46. The quantitative estimate of drug-likeness (QED) is 0.629. The van der Waals surface area contributed by atoms with Gasteiger partial charge in [-0.05, 0) is 19.3 Å². The Balaban J connectivity index is 2.04. The maximum absolute atomic E-state index is 9.67. The topological polar surface area (TPSA) is 65.7 Å². The first-order valence-corrected chi connectivity index (χ1v) is 7.81. The van der Waals surface area contributed by atoms with Crippen molar-refractivity contribution < 1.29 is 5.11 Å². The number of β-amino-alcohol motifs (C(OH)–C–C–N with tert-alkyl or cyclic N) is 1. The Labute approximate surface area is 126 Å². The summed E-state index contributed by atoms with van der Waals surface area (Å²) in [5.41, 5.74) is 0. The van der Waals surface area contributed by atoms with Crippen molar-refractivity contribution in [1.29, 1.82) is 0 Å². The first kappa shape index (κ1) is 15.8. The molecule has 1 aromatic heterocycles. The summed E-state index contributed by atoms with van der Waals surface area (Å²) in [6.07, 6.45) is 4.42. The summed E-state index contributed by atoms with van der Waals surface area (Å²) in [6, 6.07) is 0. The van der Waals surface area contributed by atoms with E-state index in [9.17, 15) is 5.11 Å². The maximum Gasteiger partial charge on any atom is 0.194 e. The van der Waals surface area contributed by atoms with Crippen LogP contribution in [0.5, 0.6) is 0 Å². The lowest BCUT2D eigenvalue weighted by molar-refractivity contribution is 0.188. The van der Waals surface area contributed by atoms with E-state index in [1.54, 1.807) is 0 Å². The van der Waals surface area contributed by atoms with Crippen LogP contribution in [0.3, 0.4) is 0 Å². The van der Waals surface area contributed by atoms with Crippen molar-refractivity contribution in [3.05, 3.63) is 18.2 Å². The average Bonchev–Trinajstić information content (AvgIpc) is 3.03. The van der Waals surface area contributed by atoms with Crippen LogP contribution < -0.4 is 5.32 Å². The lowest BCUT2D eigenvalue weighted by Gasteiger charge is -2.21. The number of guanidine groups is 1. The maximum atomic E-state index is 9.67. The van der Waals surface area contributed by atoms with E-state index in [4.69, 9.17) is 0 Å². The fourth-order valence-corrected chi connectivity index (χ4v) is 2.56. The van der Waals surface area contributed by atoms with Crippen molar-refractivity contribution in [2.45, 2.75) is 46.4 Å². The molecule has 0 saturated carbocycles. The Kier molecular flexibility index (Phi) is 5.61. The van der Waals surface area contributed by atoms with E-state index in [1.807, 2.05) is 12.4 Å². The number of aliphatic hydroxyl groups excluding tert-OH is 1. The van der Waals surface area contributed by atoms with Gasteiger partial charge in [-0.15, -0.1) is 0 Å². The van der Waals surface area contributed by atoms with Crippen LogP contribution in [-0.2, 0) is 13.1 Å². The van der Waals surface area contributed by atoms with Gasteiger partial charge in [0.15, 0.2) is 5.96 Å². The van der Waals surface area contributed by atoms with E-state index in [-0.39, 0.29) is 6.10 Å². The summed E-state index contributed by atoms with van der Waals surface area (Å²) in [7, 11) is 0. The van der Waals surface area contributed by atoms with Gasteiger partial charge in [0, 0.05) is 38.6 Å². The molecule has 0 spiro atoms. The Morgan fingerprint density at radius 2 is 2.38 bits per heavy atom. The fourth-order valence-electron chi connectivity index (χ4n) is 2.56. The number of aliphatic imine (C=N–C) groups is 1. The minimum Gasteiger partial charge on any atom is -0.391 e. The highest BCUT2D eigenvalue weighted by Crippen LogP contribution is 2.10. The van der Waals surface area contributed by atoms with E-state index in [1.165, 1.54) is 0 Å². The number of rotatable bonds is 5. The van der Waals surface area contributed by atoms with Gasteiger partial charge in [-0.2, -0.15) is 0 Å². The molecule has 0 aliphatic carbocycles. The number of hydrogen-bond donors (Lipinski definition) is 2. The van der Waals surface area contributed by atoms with E-state index < -0.39 is 0 Å². The lowest BCUT2D eigenvalue weighted by atomic mass is 10.2. The molecule has 1 fully saturated rings. The second kappa shape index (κ2) is 7.45. The lowest BCUT2D eigenvalue weighted by Crippen LogP contribution is -2.40. The van der Waals surface area contributed by atoms with Gasteiger partial charge in [-0.25, -0.2) is 9.98 Å². The van der Waals surface area contributed by atoms with Crippen molar-refractivity contribution >= 4 is 5.96 Å². The zero-order chi connectivity index (χ0) is 15.2. The van der Waals surface area contributed by atoms with Gasteiger partial charge in [-0.3, -0.25) is 0 Å². The molecule has 2 heterocycles. The van der Waals surface area contributed by atoms with Gasteiger partial charge < -0.3 is 19.9 Å². The van der Waals surface area contributed by atoms with Gasteiger partial charge >= 0.3 is 0 Å². The molecule has 1 aliphatic heterocycles. The predicted molar refractivity (Wildman–Crippen MR) is 84.1 cm³/mol. The standard InChI is InChI=1S/C15H27N5O/c1-4-16-15(20-7-5-13(21)11-20)18-9-14-17-6-8-19(14)10-12(2)3/h6,8,12-13,21H,4-5,7,9-11H2,1-3H3,(H,16,18)/t13-/m1/s1. The van der Waals surface area contributed by atoms with Crippen molar-refractivity contribution in [3.63, 3.8) is 0 Å². The summed E-state index contributed by atoms with van der Waals surface area (Å²) in [5.74, 6) is 2.44. The summed E-state index contributed by atoms with van der Waals surface area (Å²) in [5, 5.41) is 13.0. The Bertz CT molecular complexity index is 468.